The van der Waals surface area contributed by atoms with E-state index >= 15 is 0 Å². The molecule has 2 aromatic carbocycles. The van der Waals surface area contributed by atoms with Crippen LogP contribution in [0, 0.1) is 0 Å². The van der Waals surface area contributed by atoms with Gasteiger partial charge in [0.25, 0.3) is 0 Å². The lowest BCUT2D eigenvalue weighted by atomic mass is 10.2. The first-order chi connectivity index (χ1) is 11.2. The maximum absolute atomic E-state index is 11.3. The largest absolute Gasteiger partial charge is 0.489 e. The van der Waals surface area contributed by atoms with Crippen LogP contribution in [0.4, 0.5) is 0 Å². The Labute approximate surface area is 135 Å². The lowest BCUT2D eigenvalue weighted by Gasteiger charge is -2.12. The second-order valence-electron chi connectivity index (χ2n) is 4.80. The molecule has 0 unspecified atom stereocenters. The zero-order chi connectivity index (χ0) is 16.5. The summed E-state index contributed by atoms with van der Waals surface area (Å²) in [7, 11) is 0. The van der Waals surface area contributed by atoms with E-state index in [2.05, 4.69) is 0 Å². The fourth-order valence-corrected chi connectivity index (χ4v) is 1.99. The molecule has 0 aromatic heterocycles. The fraction of sp³-hybridized carbons (Fsp3) is 0.278. The molecule has 0 aliphatic carbocycles. The minimum atomic E-state index is -0.444. The van der Waals surface area contributed by atoms with Gasteiger partial charge in [0, 0.05) is 5.56 Å². The summed E-state index contributed by atoms with van der Waals surface area (Å²) < 4.78 is 15.9. The SMILES string of the molecule is CCOC(=O)COc1ccc(OCc2ccccc2)cc1CO. The Bertz CT molecular complexity index is 625. The molecule has 5 heteroatoms. The minimum absolute atomic E-state index is 0.189. The first-order valence-electron chi connectivity index (χ1n) is 7.42. The smallest absolute Gasteiger partial charge is 0.344 e. The molecule has 0 aliphatic rings. The Morgan fingerprint density at radius 2 is 1.87 bits per heavy atom. The predicted octanol–water partition coefficient (Wildman–Crippen LogP) is 2.70. The third-order valence-electron chi connectivity index (χ3n) is 3.10. The van der Waals surface area contributed by atoms with Crippen molar-refractivity contribution < 1.29 is 24.1 Å². The van der Waals surface area contributed by atoms with Crippen molar-refractivity contribution >= 4 is 5.97 Å². The van der Waals surface area contributed by atoms with Crippen molar-refractivity contribution in [2.45, 2.75) is 20.1 Å². The number of benzene rings is 2. The van der Waals surface area contributed by atoms with Crippen molar-refractivity contribution in [1.82, 2.24) is 0 Å². The Morgan fingerprint density at radius 3 is 2.57 bits per heavy atom. The van der Waals surface area contributed by atoms with E-state index in [1.165, 1.54) is 0 Å². The molecule has 0 spiro atoms. The highest BCUT2D eigenvalue weighted by molar-refractivity contribution is 5.71. The molecular weight excluding hydrogens is 296 g/mol. The van der Waals surface area contributed by atoms with E-state index < -0.39 is 5.97 Å². The van der Waals surface area contributed by atoms with E-state index in [-0.39, 0.29) is 13.2 Å². The van der Waals surface area contributed by atoms with Crippen molar-refractivity contribution in [1.29, 1.82) is 0 Å². The van der Waals surface area contributed by atoms with Gasteiger partial charge in [-0.2, -0.15) is 0 Å². The van der Waals surface area contributed by atoms with Gasteiger partial charge < -0.3 is 19.3 Å². The highest BCUT2D eigenvalue weighted by Gasteiger charge is 2.09. The van der Waals surface area contributed by atoms with Gasteiger partial charge in [-0.05, 0) is 30.7 Å². The van der Waals surface area contributed by atoms with Crippen molar-refractivity contribution in [3.05, 3.63) is 59.7 Å². The third-order valence-corrected chi connectivity index (χ3v) is 3.10. The van der Waals surface area contributed by atoms with E-state index in [1.807, 2.05) is 30.3 Å². The lowest BCUT2D eigenvalue weighted by Crippen LogP contribution is -2.15. The van der Waals surface area contributed by atoms with Crippen LogP contribution in [-0.4, -0.2) is 24.3 Å². The molecule has 2 aromatic rings. The van der Waals surface area contributed by atoms with E-state index in [4.69, 9.17) is 14.2 Å². The second kappa shape index (κ2) is 8.80. The number of aliphatic hydroxyl groups is 1. The van der Waals surface area contributed by atoms with Crippen LogP contribution in [0.2, 0.25) is 0 Å². The van der Waals surface area contributed by atoms with Crippen molar-refractivity contribution in [3.63, 3.8) is 0 Å². The third kappa shape index (κ3) is 5.30. The normalized spacial score (nSPS) is 10.2. The molecule has 23 heavy (non-hydrogen) atoms. The average molecular weight is 316 g/mol. The molecule has 1 N–H and O–H groups in total. The molecule has 0 aliphatic heterocycles. The van der Waals surface area contributed by atoms with Crippen LogP contribution < -0.4 is 9.47 Å². The minimum Gasteiger partial charge on any atom is -0.489 e. The molecule has 0 heterocycles. The zero-order valence-electron chi connectivity index (χ0n) is 13.0. The summed E-state index contributed by atoms with van der Waals surface area (Å²) in [6.45, 7) is 2.08. The van der Waals surface area contributed by atoms with E-state index in [0.29, 0.717) is 30.3 Å². The summed E-state index contributed by atoms with van der Waals surface area (Å²) in [6.07, 6.45) is 0. The van der Waals surface area contributed by atoms with Crippen molar-refractivity contribution in [3.8, 4) is 11.5 Å². The Morgan fingerprint density at radius 1 is 1.09 bits per heavy atom. The van der Waals surface area contributed by atoms with Gasteiger partial charge in [0.05, 0.1) is 13.2 Å². The zero-order valence-corrected chi connectivity index (χ0v) is 13.0. The lowest BCUT2D eigenvalue weighted by molar-refractivity contribution is -0.145. The highest BCUT2D eigenvalue weighted by atomic mass is 16.6. The van der Waals surface area contributed by atoms with Crippen LogP contribution in [-0.2, 0) is 22.7 Å². The maximum atomic E-state index is 11.3. The summed E-state index contributed by atoms with van der Waals surface area (Å²) in [5.41, 5.74) is 1.61. The van der Waals surface area contributed by atoms with Crippen LogP contribution in [0.1, 0.15) is 18.1 Å². The number of hydrogen-bond acceptors (Lipinski definition) is 5. The van der Waals surface area contributed by atoms with E-state index in [1.54, 1.807) is 25.1 Å². The molecule has 0 atom stereocenters. The van der Waals surface area contributed by atoms with Gasteiger partial charge in [0.15, 0.2) is 6.61 Å². The molecule has 2 rings (SSSR count). The van der Waals surface area contributed by atoms with Gasteiger partial charge in [0.1, 0.15) is 18.1 Å². The quantitative estimate of drug-likeness (QED) is 0.759. The molecule has 0 fully saturated rings. The summed E-state index contributed by atoms with van der Waals surface area (Å²) >= 11 is 0. The van der Waals surface area contributed by atoms with Crippen LogP contribution in [0.3, 0.4) is 0 Å². The second-order valence-corrected chi connectivity index (χ2v) is 4.80. The number of ether oxygens (including phenoxy) is 3. The van der Waals surface area contributed by atoms with Gasteiger partial charge in [-0.3, -0.25) is 0 Å². The topological polar surface area (TPSA) is 65.0 Å². The fourth-order valence-electron chi connectivity index (χ4n) is 1.99. The van der Waals surface area contributed by atoms with Crippen LogP contribution in [0.25, 0.3) is 0 Å². The summed E-state index contributed by atoms with van der Waals surface area (Å²) in [6, 6.07) is 14.9. The monoisotopic (exact) mass is 316 g/mol. The first-order valence-corrected chi connectivity index (χ1v) is 7.42. The molecule has 0 saturated carbocycles. The van der Waals surface area contributed by atoms with E-state index in [0.717, 1.165) is 5.56 Å². The molecule has 5 nitrogen and oxygen atoms in total. The van der Waals surface area contributed by atoms with Gasteiger partial charge in [-0.1, -0.05) is 30.3 Å². The number of aliphatic hydroxyl groups excluding tert-OH is 1. The number of esters is 1. The van der Waals surface area contributed by atoms with Crippen molar-refractivity contribution in [2.24, 2.45) is 0 Å². The average Bonchev–Trinajstić information content (AvgIpc) is 2.59. The molecule has 0 radical (unpaired) electrons. The van der Waals surface area contributed by atoms with Gasteiger partial charge in [0.2, 0.25) is 0 Å². The number of carbonyl (C=O) groups is 1. The van der Waals surface area contributed by atoms with E-state index in [9.17, 15) is 9.90 Å². The van der Waals surface area contributed by atoms with Crippen LogP contribution >= 0.6 is 0 Å². The van der Waals surface area contributed by atoms with Gasteiger partial charge >= 0.3 is 5.97 Å². The maximum Gasteiger partial charge on any atom is 0.344 e. The Balaban J connectivity index is 1.97. The first kappa shape index (κ1) is 16.8. The summed E-state index contributed by atoms with van der Waals surface area (Å²) in [5.74, 6) is 0.620. The molecule has 0 bridgehead atoms. The van der Waals surface area contributed by atoms with Gasteiger partial charge in [-0.15, -0.1) is 0 Å². The molecule has 0 amide bonds. The van der Waals surface area contributed by atoms with Crippen LogP contribution in [0.15, 0.2) is 48.5 Å². The molecule has 0 saturated heterocycles. The Kier molecular flexibility index (Phi) is 6.44. The number of hydrogen-bond donors (Lipinski definition) is 1. The predicted molar refractivity (Wildman–Crippen MR) is 85.3 cm³/mol. The summed E-state index contributed by atoms with van der Waals surface area (Å²) in [4.78, 5) is 11.3. The Hall–Kier alpha value is -2.53. The molecular formula is C18H20O5. The molecule has 122 valence electrons. The van der Waals surface area contributed by atoms with Crippen molar-refractivity contribution in [2.75, 3.05) is 13.2 Å². The number of rotatable bonds is 8. The summed E-state index contributed by atoms with van der Waals surface area (Å²) in [5, 5.41) is 9.45. The standard InChI is InChI=1S/C18H20O5/c1-2-21-18(20)13-23-17-9-8-16(10-15(17)11-19)22-12-14-6-4-3-5-7-14/h3-10,19H,2,11-13H2,1H3. The highest BCUT2D eigenvalue weighted by Crippen LogP contribution is 2.25. The van der Waals surface area contributed by atoms with Crippen LogP contribution in [0.5, 0.6) is 11.5 Å². The van der Waals surface area contributed by atoms with Gasteiger partial charge in [-0.25, -0.2) is 4.79 Å². The number of carbonyl (C=O) groups excluding carboxylic acids is 1.